The number of nitrogens with zero attached hydrogens (tertiary/aromatic N) is 1. The first-order valence-electron chi connectivity index (χ1n) is 8.37. The Morgan fingerprint density at radius 3 is 2.57 bits per heavy atom. The van der Waals surface area contributed by atoms with Crippen LogP contribution in [-0.2, 0) is 4.79 Å². The van der Waals surface area contributed by atoms with Gasteiger partial charge < -0.3 is 20.7 Å². The molecule has 0 radical (unpaired) electrons. The van der Waals surface area contributed by atoms with Crippen molar-refractivity contribution in [3.05, 3.63) is 75.5 Å². The zero-order valence-electron chi connectivity index (χ0n) is 15.2. The van der Waals surface area contributed by atoms with Gasteiger partial charge in [0.25, 0.3) is 11.6 Å². The fraction of sp³-hybridized carbons (Fsp3) is 0.158. The Balaban J connectivity index is 1.92. The molecule has 3 N–H and O–H groups in total. The van der Waals surface area contributed by atoms with Gasteiger partial charge in [-0.1, -0.05) is 18.2 Å². The molecule has 9 nitrogen and oxygen atoms in total. The number of hydrogen-bond acceptors (Lipinski definition) is 5. The van der Waals surface area contributed by atoms with E-state index in [0.29, 0.717) is 22.6 Å². The highest BCUT2D eigenvalue weighted by molar-refractivity contribution is 6.06. The van der Waals surface area contributed by atoms with Gasteiger partial charge in [-0.05, 0) is 30.7 Å². The molecule has 0 saturated heterocycles. The van der Waals surface area contributed by atoms with E-state index in [1.165, 1.54) is 18.2 Å². The lowest BCUT2D eigenvalue weighted by molar-refractivity contribution is -0.384. The van der Waals surface area contributed by atoms with E-state index in [1.54, 1.807) is 44.4 Å². The fourth-order valence-electron chi connectivity index (χ4n) is 2.94. The van der Waals surface area contributed by atoms with Gasteiger partial charge in [0.15, 0.2) is 0 Å². The normalized spacial score (nSPS) is 16.1. The van der Waals surface area contributed by atoms with E-state index >= 15 is 0 Å². The summed E-state index contributed by atoms with van der Waals surface area (Å²) in [7, 11) is 1.54. The summed E-state index contributed by atoms with van der Waals surface area (Å²) in [5.41, 5.74) is 1.54. The Morgan fingerprint density at radius 1 is 1.21 bits per heavy atom. The molecule has 1 aliphatic rings. The predicted molar refractivity (Wildman–Crippen MR) is 102 cm³/mol. The number of benzene rings is 2. The van der Waals surface area contributed by atoms with Crippen molar-refractivity contribution in [1.29, 1.82) is 0 Å². The van der Waals surface area contributed by atoms with E-state index in [0.717, 1.165) is 0 Å². The summed E-state index contributed by atoms with van der Waals surface area (Å²) in [4.78, 5) is 35.3. The molecule has 1 aliphatic heterocycles. The highest BCUT2D eigenvalue weighted by Gasteiger charge is 2.31. The number of rotatable bonds is 5. The van der Waals surface area contributed by atoms with Crippen molar-refractivity contribution in [3.63, 3.8) is 0 Å². The smallest absolute Gasteiger partial charge is 0.319 e. The lowest BCUT2D eigenvalue weighted by atomic mass is 9.94. The Bertz CT molecular complexity index is 969. The van der Waals surface area contributed by atoms with Gasteiger partial charge in [-0.2, -0.15) is 0 Å². The van der Waals surface area contributed by atoms with Crippen LogP contribution < -0.4 is 20.7 Å². The molecule has 0 aliphatic carbocycles. The Morgan fingerprint density at radius 2 is 1.93 bits per heavy atom. The third-order valence-corrected chi connectivity index (χ3v) is 4.28. The van der Waals surface area contributed by atoms with Crippen molar-refractivity contribution >= 4 is 23.3 Å². The van der Waals surface area contributed by atoms with E-state index in [9.17, 15) is 19.7 Å². The molecule has 1 heterocycles. The molecule has 0 spiro atoms. The van der Waals surface area contributed by atoms with Gasteiger partial charge in [0.2, 0.25) is 0 Å². The molecule has 28 heavy (non-hydrogen) atoms. The quantitative estimate of drug-likeness (QED) is 0.542. The number of carbonyl (C=O) groups is 2. The number of nitro benzene ring substituents is 1. The minimum Gasteiger partial charge on any atom is -0.497 e. The zero-order chi connectivity index (χ0) is 20.3. The van der Waals surface area contributed by atoms with Crippen LogP contribution in [-0.4, -0.2) is 24.0 Å². The van der Waals surface area contributed by atoms with Crippen LogP contribution >= 0.6 is 0 Å². The number of amides is 3. The van der Waals surface area contributed by atoms with E-state index < -0.39 is 22.9 Å². The lowest BCUT2D eigenvalue weighted by Crippen LogP contribution is -2.45. The van der Waals surface area contributed by atoms with Crippen molar-refractivity contribution < 1.29 is 19.2 Å². The molecular formula is C19H18N4O5. The van der Waals surface area contributed by atoms with Gasteiger partial charge in [-0.3, -0.25) is 14.9 Å². The zero-order valence-corrected chi connectivity index (χ0v) is 15.2. The number of urea groups is 1. The van der Waals surface area contributed by atoms with Gasteiger partial charge in [-0.25, -0.2) is 4.79 Å². The summed E-state index contributed by atoms with van der Waals surface area (Å²) in [5, 5.41) is 18.9. The molecule has 0 saturated carbocycles. The van der Waals surface area contributed by atoms with E-state index in [4.69, 9.17) is 4.74 Å². The van der Waals surface area contributed by atoms with Gasteiger partial charge in [0.05, 0.1) is 23.6 Å². The van der Waals surface area contributed by atoms with Crippen LogP contribution in [0.15, 0.2) is 59.8 Å². The molecule has 3 amide bonds. The second-order valence-corrected chi connectivity index (χ2v) is 6.10. The third-order valence-electron chi connectivity index (χ3n) is 4.28. The maximum absolute atomic E-state index is 12.9. The Labute approximate surface area is 160 Å². The van der Waals surface area contributed by atoms with Crippen molar-refractivity contribution in [3.8, 4) is 5.75 Å². The lowest BCUT2D eigenvalue weighted by Gasteiger charge is -2.28. The number of nitrogens with one attached hydrogen (secondary N) is 3. The number of ether oxygens (including phenoxy) is 1. The van der Waals surface area contributed by atoms with Gasteiger partial charge in [-0.15, -0.1) is 0 Å². The monoisotopic (exact) mass is 382 g/mol. The number of allylic oxidation sites excluding steroid dienone is 1. The number of anilines is 1. The minimum absolute atomic E-state index is 0.134. The summed E-state index contributed by atoms with van der Waals surface area (Å²) >= 11 is 0. The predicted octanol–water partition coefficient (Wildman–Crippen LogP) is 2.87. The van der Waals surface area contributed by atoms with E-state index in [-0.39, 0.29) is 11.4 Å². The molecule has 1 atom stereocenters. The molecule has 2 aromatic rings. The fourth-order valence-corrected chi connectivity index (χ4v) is 2.94. The average molecular weight is 382 g/mol. The van der Waals surface area contributed by atoms with Crippen LogP contribution in [0.5, 0.6) is 5.75 Å². The Kier molecular flexibility index (Phi) is 5.25. The summed E-state index contributed by atoms with van der Waals surface area (Å²) in [6.45, 7) is 1.62. The van der Waals surface area contributed by atoms with Crippen LogP contribution in [0.1, 0.15) is 18.5 Å². The number of methoxy groups -OCH3 is 1. The van der Waals surface area contributed by atoms with Crippen LogP contribution in [0.3, 0.4) is 0 Å². The van der Waals surface area contributed by atoms with E-state index in [1.807, 2.05) is 0 Å². The van der Waals surface area contributed by atoms with Crippen LogP contribution in [0.4, 0.5) is 16.2 Å². The van der Waals surface area contributed by atoms with Gasteiger partial charge >= 0.3 is 6.03 Å². The number of non-ortho nitro benzene ring substituents is 1. The van der Waals surface area contributed by atoms with Gasteiger partial charge in [0, 0.05) is 23.5 Å². The average Bonchev–Trinajstić information content (AvgIpc) is 2.67. The van der Waals surface area contributed by atoms with Crippen molar-refractivity contribution in [2.45, 2.75) is 13.0 Å². The van der Waals surface area contributed by atoms with Crippen molar-refractivity contribution in [1.82, 2.24) is 10.6 Å². The van der Waals surface area contributed by atoms with E-state index in [2.05, 4.69) is 16.0 Å². The molecule has 9 heteroatoms. The van der Waals surface area contributed by atoms with Gasteiger partial charge in [0.1, 0.15) is 5.75 Å². The van der Waals surface area contributed by atoms with Crippen LogP contribution in [0.2, 0.25) is 0 Å². The first-order chi connectivity index (χ1) is 13.4. The highest BCUT2D eigenvalue weighted by atomic mass is 16.6. The molecule has 0 fully saturated rings. The molecule has 3 rings (SSSR count). The first-order valence-corrected chi connectivity index (χ1v) is 8.37. The van der Waals surface area contributed by atoms with Crippen molar-refractivity contribution in [2.24, 2.45) is 0 Å². The molecule has 2 aromatic carbocycles. The summed E-state index contributed by atoms with van der Waals surface area (Å²) < 4.78 is 5.14. The highest BCUT2D eigenvalue weighted by Crippen LogP contribution is 2.29. The number of carbonyl (C=O) groups excluding carboxylic acids is 2. The second kappa shape index (κ2) is 7.78. The molecule has 0 aromatic heterocycles. The standard InChI is InChI=1S/C19H18N4O5/c1-11-16(18(24)21-13-4-3-5-14(10-13)23(26)27)17(22-19(25)20-11)12-6-8-15(28-2)9-7-12/h3-10,17H,1-2H3,(H,21,24)(H2,20,22,25). The van der Waals surface area contributed by atoms with Crippen molar-refractivity contribution in [2.75, 3.05) is 12.4 Å². The molecule has 0 bridgehead atoms. The molecule has 1 unspecified atom stereocenters. The molecular weight excluding hydrogens is 364 g/mol. The molecule has 144 valence electrons. The third kappa shape index (κ3) is 3.93. The maximum Gasteiger partial charge on any atom is 0.319 e. The summed E-state index contributed by atoms with van der Waals surface area (Å²) in [6, 6.07) is 11.5. The van der Waals surface area contributed by atoms with Crippen LogP contribution in [0, 0.1) is 10.1 Å². The SMILES string of the molecule is COc1ccc(C2NC(=O)NC(C)=C2C(=O)Nc2cccc([N+](=O)[O-])c2)cc1. The topological polar surface area (TPSA) is 123 Å². The number of hydrogen-bond donors (Lipinski definition) is 3. The number of nitro groups is 1. The second-order valence-electron chi connectivity index (χ2n) is 6.10. The maximum atomic E-state index is 12.9. The first kappa shape index (κ1) is 18.9. The largest absolute Gasteiger partial charge is 0.497 e. The van der Waals surface area contributed by atoms with Crippen LogP contribution in [0.25, 0.3) is 0 Å². The summed E-state index contributed by atoms with van der Waals surface area (Å²) in [5.74, 6) is 0.165. The minimum atomic E-state index is -0.682. The summed E-state index contributed by atoms with van der Waals surface area (Å²) in [6.07, 6.45) is 0. The Hall–Kier alpha value is -3.88.